The van der Waals surface area contributed by atoms with Crippen LogP contribution < -0.4 is 0 Å². The van der Waals surface area contributed by atoms with Crippen LogP contribution >= 0.6 is 21.6 Å². The number of pyridine rings is 1. The number of hydrogen-bond donors (Lipinski definition) is 0. The van der Waals surface area contributed by atoms with Crippen LogP contribution in [0.3, 0.4) is 0 Å². The van der Waals surface area contributed by atoms with Crippen molar-refractivity contribution in [2.45, 2.75) is 23.1 Å². The van der Waals surface area contributed by atoms with Gasteiger partial charge in [0.25, 0.3) is 0 Å². The molecule has 14 heavy (non-hydrogen) atoms. The molecule has 1 fully saturated rings. The van der Waals surface area contributed by atoms with Crippen molar-refractivity contribution < 1.29 is 4.74 Å². The molecule has 0 atom stereocenters. The zero-order valence-electron chi connectivity index (χ0n) is 7.89. The first kappa shape index (κ1) is 10.3. The number of nitrogens with zero attached hydrogens (tertiary/aromatic N) is 1. The second kappa shape index (κ2) is 5.63. The van der Waals surface area contributed by atoms with Crippen molar-refractivity contribution in [1.29, 1.82) is 0 Å². The third kappa shape index (κ3) is 3.19. The molecule has 0 radical (unpaired) electrons. The fourth-order valence-electron chi connectivity index (χ4n) is 1.29. The Bertz CT molecular complexity index is 262. The summed E-state index contributed by atoms with van der Waals surface area (Å²) >= 11 is 0. The van der Waals surface area contributed by atoms with Crippen LogP contribution in [-0.2, 0) is 4.74 Å². The van der Waals surface area contributed by atoms with Gasteiger partial charge in [0.05, 0.1) is 0 Å². The Hall–Kier alpha value is -0.190. The fourth-order valence-corrected chi connectivity index (χ4v) is 3.72. The van der Waals surface area contributed by atoms with E-state index in [1.165, 1.54) is 12.8 Å². The summed E-state index contributed by atoms with van der Waals surface area (Å²) < 4.78 is 5.31. The Morgan fingerprint density at radius 3 is 2.86 bits per heavy atom. The third-order valence-electron chi connectivity index (χ3n) is 2.08. The van der Waals surface area contributed by atoms with Gasteiger partial charge in [-0.2, -0.15) is 0 Å². The van der Waals surface area contributed by atoms with Crippen molar-refractivity contribution >= 4 is 21.6 Å². The summed E-state index contributed by atoms with van der Waals surface area (Å²) in [7, 11) is 3.70. The second-order valence-corrected chi connectivity index (χ2v) is 5.68. The molecule has 4 heteroatoms. The van der Waals surface area contributed by atoms with E-state index in [0.717, 1.165) is 23.5 Å². The molecule has 1 aromatic heterocycles. The maximum atomic E-state index is 5.31. The first-order valence-electron chi connectivity index (χ1n) is 4.77. The molecule has 2 nitrogen and oxygen atoms in total. The summed E-state index contributed by atoms with van der Waals surface area (Å²) in [5.74, 6) is 0. The molecule has 1 aliphatic rings. The Kier molecular flexibility index (Phi) is 4.16. The first-order chi connectivity index (χ1) is 6.95. The second-order valence-electron chi connectivity index (χ2n) is 3.16. The molecule has 0 bridgehead atoms. The molecule has 0 N–H and O–H groups in total. The SMILES string of the molecule is c1ccc(SSC2CCOCC2)nc1. The highest BCUT2D eigenvalue weighted by molar-refractivity contribution is 8.76. The summed E-state index contributed by atoms with van der Waals surface area (Å²) in [4.78, 5) is 4.27. The van der Waals surface area contributed by atoms with E-state index in [9.17, 15) is 0 Å². The van der Waals surface area contributed by atoms with Crippen LogP contribution in [0.25, 0.3) is 0 Å². The smallest absolute Gasteiger partial charge is 0.106 e. The van der Waals surface area contributed by atoms with Crippen LogP contribution in [-0.4, -0.2) is 23.4 Å². The van der Waals surface area contributed by atoms with Crippen LogP contribution in [0.2, 0.25) is 0 Å². The molecule has 1 saturated heterocycles. The Balaban J connectivity index is 1.76. The van der Waals surface area contributed by atoms with Gasteiger partial charge in [0, 0.05) is 24.7 Å². The van der Waals surface area contributed by atoms with Crippen LogP contribution in [0.5, 0.6) is 0 Å². The first-order valence-corrected chi connectivity index (χ1v) is 6.98. The van der Waals surface area contributed by atoms with Gasteiger partial charge in [0.2, 0.25) is 0 Å². The highest BCUT2D eigenvalue weighted by Gasteiger charge is 2.14. The van der Waals surface area contributed by atoms with Gasteiger partial charge in [-0.15, -0.1) is 0 Å². The van der Waals surface area contributed by atoms with Crippen molar-refractivity contribution in [3.8, 4) is 0 Å². The summed E-state index contributed by atoms with van der Waals surface area (Å²) in [5.41, 5.74) is 0. The van der Waals surface area contributed by atoms with E-state index in [1.54, 1.807) is 10.8 Å². The highest BCUT2D eigenvalue weighted by Crippen LogP contribution is 2.36. The molecular weight excluding hydrogens is 214 g/mol. The third-order valence-corrected chi connectivity index (χ3v) is 4.95. The van der Waals surface area contributed by atoms with Crippen LogP contribution in [0, 0.1) is 0 Å². The van der Waals surface area contributed by atoms with Gasteiger partial charge in [0.1, 0.15) is 5.03 Å². The van der Waals surface area contributed by atoms with Crippen molar-refractivity contribution in [2.75, 3.05) is 13.2 Å². The highest BCUT2D eigenvalue weighted by atomic mass is 33.1. The molecule has 0 saturated carbocycles. The van der Waals surface area contributed by atoms with Gasteiger partial charge < -0.3 is 4.74 Å². The standard InChI is InChI=1S/C10H13NOS2/c1-2-6-11-10(3-1)14-13-9-4-7-12-8-5-9/h1-3,6,9H,4-5,7-8H2. The minimum atomic E-state index is 0.732. The van der Waals surface area contributed by atoms with E-state index < -0.39 is 0 Å². The normalized spacial score (nSPS) is 18.3. The lowest BCUT2D eigenvalue weighted by Crippen LogP contribution is -2.16. The average molecular weight is 227 g/mol. The predicted octanol–water partition coefficient (Wildman–Crippen LogP) is 3.00. The fraction of sp³-hybridized carbons (Fsp3) is 0.500. The van der Waals surface area contributed by atoms with E-state index in [1.807, 2.05) is 29.1 Å². The number of ether oxygens (including phenoxy) is 1. The summed E-state index contributed by atoms with van der Waals surface area (Å²) in [6.07, 6.45) is 4.18. The molecule has 1 aromatic rings. The largest absolute Gasteiger partial charge is 0.381 e. The lowest BCUT2D eigenvalue weighted by molar-refractivity contribution is 0.100. The molecule has 2 rings (SSSR count). The summed E-state index contributed by atoms with van der Waals surface area (Å²) in [6.45, 7) is 1.83. The van der Waals surface area contributed by atoms with Gasteiger partial charge in [-0.05, 0) is 35.8 Å². The summed E-state index contributed by atoms with van der Waals surface area (Å²) in [6, 6.07) is 6.03. The summed E-state index contributed by atoms with van der Waals surface area (Å²) in [5, 5.41) is 1.83. The Morgan fingerprint density at radius 2 is 2.14 bits per heavy atom. The van der Waals surface area contributed by atoms with E-state index in [-0.39, 0.29) is 0 Å². The molecule has 0 aromatic carbocycles. The van der Waals surface area contributed by atoms with E-state index in [4.69, 9.17) is 4.74 Å². The Labute approximate surface area is 92.2 Å². The zero-order valence-corrected chi connectivity index (χ0v) is 9.52. The molecule has 76 valence electrons. The topological polar surface area (TPSA) is 22.1 Å². The van der Waals surface area contributed by atoms with Gasteiger partial charge >= 0.3 is 0 Å². The Morgan fingerprint density at radius 1 is 1.29 bits per heavy atom. The van der Waals surface area contributed by atoms with Crippen molar-refractivity contribution in [1.82, 2.24) is 4.98 Å². The predicted molar refractivity (Wildman–Crippen MR) is 61.5 cm³/mol. The maximum Gasteiger partial charge on any atom is 0.106 e. The quantitative estimate of drug-likeness (QED) is 0.740. The van der Waals surface area contributed by atoms with E-state index in [2.05, 4.69) is 11.1 Å². The molecular formula is C10H13NOS2. The van der Waals surface area contributed by atoms with E-state index >= 15 is 0 Å². The molecule has 0 aliphatic carbocycles. The van der Waals surface area contributed by atoms with E-state index in [0.29, 0.717) is 0 Å². The van der Waals surface area contributed by atoms with Crippen molar-refractivity contribution in [2.24, 2.45) is 0 Å². The minimum Gasteiger partial charge on any atom is -0.381 e. The van der Waals surface area contributed by atoms with Gasteiger partial charge in [-0.25, -0.2) is 4.98 Å². The van der Waals surface area contributed by atoms with Crippen molar-refractivity contribution in [3.63, 3.8) is 0 Å². The molecule has 0 unspecified atom stereocenters. The lowest BCUT2D eigenvalue weighted by Gasteiger charge is -2.20. The van der Waals surface area contributed by atoms with Crippen LogP contribution in [0.1, 0.15) is 12.8 Å². The number of hydrogen-bond acceptors (Lipinski definition) is 4. The molecule has 0 spiro atoms. The lowest BCUT2D eigenvalue weighted by atomic mass is 10.2. The van der Waals surface area contributed by atoms with Gasteiger partial charge in [-0.1, -0.05) is 16.9 Å². The van der Waals surface area contributed by atoms with Crippen LogP contribution in [0.15, 0.2) is 29.4 Å². The monoisotopic (exact) mass is 227 g/mol. The van der Waals surface area contributed by atoms with Crippen LogP contribution in [0.4, 0.5) is 0 Å². The zero-order chi connectivity index (χ0) is 9.64. The van der Waals surface area contributed by atoms with Gasteiger partial charge in [-0.3, -0.25) is 0 Å². The molecule has 1 aliphatic heterocycles. The molecule has 0 amide bonds. The number of aromatic nitrogens is 1. The molecule has 2 heterocycles. The minimum absolute atomic E-state index is 0.732. The van der Waals surface area contributed by atoms with Gasteiger partial charge in [0.15, 0.2) is 0 Å². The average Bonchev–Trinajstić information content (AvgIpc) is 2.29. The maximum absolute atomic E-state index is 5.31. The number of rotatable bonds is 3. The van der Waals surface area contributed by atoms with Crippen molar-refractivity contribution in [3.05, 3.63) is 24.4 Å².